The monoisotopic (exact) mass is 722 g/mol. The van der Waals surface area contributed by atoms with Crippen LogP contribution in [0.15, 0.2) is 146 Å². The molecule has 262 valence electrons. The Morgan fingerprint density at radius 3 is 1.61 bits per heavy atom. The fourth-order valence-electron chi connectivity index (χ4n) is 7.82. The molecule has 0 saturated carbocycles. The summed E-state index contributed by atoms with van der Waals surface area (Å²) in [6.45, 7) is 0. The van der Waals surface area contributed by atoms with Crippen LogP contribution < -0.4 is 0 Å². The summed E-state index contributed by atoms with van der Waals surface area (Å²) in [7, 11) is 0. The van der Waals surface area contributed by atoms with Crippen molar-refractivity contribution in [1.29, 1.82) is 0 Å². The van der Waals surface area contributed by atoms with Crippen molar-refractivity contribution < 1.29 is 26.3 Å². The predicted molar refractivity (Wildman–Crippen MR) is 201 cm³/mol. The van der Waals surface area contributed by atoms with Gasteiger partial charge in [0.1, 0.15) is 5.82 Å². The predicted octanol–water partition coefficient (Wildman–Crippen LogP) is 12.7. The number of rotatable bonds is 3. The molecule has 0 N–H and O–H groups in total. The Labute approximate surface area is 302 Å². The summed E-state index contributed by atoms with van der Waals surface area (Å²) in [5, 5.41) is 5.78. The molecule has 0 atom stereocenters. The highest BCUT2D eigenvalue weighted by atomic mass is 19.4. The van der Waals surface area contributed by atoms with Gasteiger partial charge in [-0.3, -0.25) is 4.57 Å². The van der Waals surface area contributed by atoms with Gasteiger partial charge in [-0.2, -0.15) is 26.3 Å². The van der Waals surface area contributed by atoms with Crippen molar-refractivity contribution in [1.82, 2.24) is 19.1 Å². The standard InChI is InChI=1S/C44H24F6N4/c45-43(46,47)26-18-22-35(44(48,49)50)34(23-26)41-51-40-28-10-2-1-9-25(28)17-20-33(40)42(52-41)54-38-16-8-5-13-31(38)32-21-19-27(24-39(32)54)53-36-14-6-3-11-29(36)30-12-4-7-15-37(30)53/h1-24H. The number of aromatic nitrogens is 4. The summed E-state index contributed by atoms with van der Waals surface area (Å²) in [6, 6.07) is 42.2. The van der Waals surface area contributed by atoms with Gasteiger partial charge in [-0.25, -0.2) is 9.97 Å². The van der Waals surface area contributed by atoms with Crippen molar-refractivity contribution in [3.63, 3.8) is 0 Å². The number of hydrogen-bond acceptors (Lipinski definition) is 2. The van der Waals surface area contributed by atoms with Crippen LogP contribution in [0.1, 0.15) is 11.1 Å². The largest absolute Gasteiger partial charge is 0.417 e. The van der Waals surface area contributed by atoms with Crippen molar-refractivity contribution in [2.45, 2.75) is 12.4 Å². The molecule has 3 aromatic heterocycles. The lowest BCUT2D eigenvalue weighted by molar-refractivity contribution is -0.141. The summed E-state index contributed by atoms with van der Waals surface area (Å²) >= 11 is 0. The Hall–Kier alpha value is -6.68. The molecule has 7 aromatic carbocycles. The van der Waals surface area contributed by atoms with E-state index in [-0.39, 0.29) is 5.82 Å². The van der Waals surface area contributed by atoms with Gasteiger partial charge >= 0.3 is 12.4 Å². The zero-order valence-corrected chi connectivity index (χ0v) is 27.9. The summed E-state index contributed by atoms with van der Waals surface area (Å²) in [6.07, 6.45) is -9.89. The molecule has 0 spiro atoms. The van der Waals surface area contributed by atoms with Crippen molar-refractivity contribution >= 4 is 65.3 Å². The first-order chi connectivity index (χ1) is 26.1. The number of halogens is 6. The van der Waals surface area contributed by atoms with E-state index in [9.17, 15) is 26.3 Å². The maximum absolute atomic E-state index is 14.6. The van der Waals surface area contributed by atoms with Gasteiger partial charge in [0.05, 0.1) is 38.7 Å². The van der Waals surface area contributed by atoms with E-state index in [2.05, 4.69) is 33.8 Å². The molecular formula is C44H24F6N4. The van der Waals surface area contributed by atoms with Gasteiger partial charge in [0.15, 0.2) is 5.82 Å². The van der Waals surface area contributed by atoms with Crippen LogP contribution in [-0.2, 0) is 12.4 Å². The van der Waals surface area contributed by atoms with E-state index in [1.807, 2.05) is 95.6 Å². The van der Waals surface area contributed by atoms with Crippen molar-refractivity contribution in [3.05, 3.63) is 157 Å². The minimum atomic E-state index is -4.99. The van der Waals surface area contributed by atoms with Crippen LogP contribution in [0.5, 0.6) is 0 Å². The van der Waals surface area contributed by atoms with Crippen LogP contribution >= 0.6 is 0 Å². The van der Waals surface area contributed by atoms with E-state index in [4.69, 9.17) is 4.98 Å². The van der Waals surface area contributed by atoms with Crippen LogP contribution in [0.25, 0.3) is 88.2 Å². The molecule has 54 heavy (non-hydrogen) atoms. The highest BCUT2D eigenvalue weighted by Gasteiger charge is 2.38. The number of hydrogen-bond donors (Lipinski definition) is 0. The first-order valence-electron chi connectivity index (χ1n) is 17.1. The molecule has 0 bridgehead atoms. The van der Waals surface area contributed by atoms with Gasteiger partial charge in [0, 0.05) is 43.6 Å². The summed E-state index contributed by atoms with van der Waals surface area (Å²) < 4.78 is 89.9. The third kappa shape index (κ3) is 4.79. The molecule has 4 nitrogen and oxygen atoms in total. The highest BCUT2D eigenvalue weighted by Crippen LogP contribution is 2.43. The molecule has 0 fully saturated rings. The van der Waals surface area contributed by atoms with Gasteiger partial charge in [-0.1, -0.05) is 91.0 Å². The lowest BCUT2D eigenvalue weighted by Crippen LogP contribution is -2.12. The van der Waals surface area contributed by atoms with E-state index < -0.39 is 34.9 Å². The number of alkyl halides is 6. The van der Waals surface area contributed by atoms with E-state index >= 15 is 0 Å². The van der Waals surface area contributed by atoms with Gasteiger partial charge in [-0.15, -0.1) is 0 Å². The van der Waals surface area contributed by atoms with Gasteiger partial charge in [0.25, 0.3) is 0 Å². The third-order valence-electron chi connectivity index (χ3n) is 10.2. The van der Waals surface area contributed by atoms with E-state index in [1.165, 1.54) is 0 Å². The van der Waals surface area contributed by atoms with Gasteiger partial charge < -0.3 is 4.57 Å². The van der Waals surface area contributed by atoms with Crippen LogP contribution in [0.2, 0.25) is 0 Å². The SMILES string of the molecule is FC(F)(F)c1ccc(C(F)(F)F)c(-c2nc(-n3c4ccccc4c4ccc(-n5c6ccccc6c6ccccc65)cc43)c3ccc4ccccc4c3n2)c1. The first kappa shape index (κ1) is 32.0. The fraction of sp³-hybridized carbons (Fsp3) is 0.0455. The second-order valence-corrected chi connectivity index (χ2v) is 13.2. The maximum Gasteiger partial charge on any atom is 0.417 e. The van der Waals surface area contributed by atoms with Crippen molar-refractivity contribution in [3.8, 4) is 22.9 Å². The van der Waals surface area contributed by atoms with Gasteiger partial charge in [-0.05, 0) is 60.0 Å². The molecule has 0 aliphatic rings. The maximum atomic E-state index is 14.6. The Morgan fingerprint density at radius 2 is 0.981 bits per heavy atom. The Balaban J connectivity index is 1.34. The number of nitrogens with zero attached hydrogens (tertiary/aromatic N) is 4. The zero-order chi connectivity index (χ0) is 36.9. The summed E-state index contributed by atoms with van der Waals surface area (Å²) in [5.74, 6) is -0.242. The average Bonchev–Trinajstić information content (AvgIpc) is 3.69. The molecule has 0 amide bonds. The third-order valence-corrected chi connectivity index (χ3v) is 10.2. The molecular weight excluding hydrogens is 698 g/mol. The Morgan fingerprint density at radius 1 is 0.426 bits per heavy atom. The smallest absolute Gasteiger partial charge is 0.309 e. The van der Waals surface area contributed by atoms with E-state index in [0.717, 1.165) is 43.7 Å². The van der Waals surface area contributed by atoms with Crippen LogP contribution in [-0.4, -0.2) is 19.1 Å². The van der Waals surface area contributed by atoms with Crippen LogP contribution in [0.3, 0.4) is 0 Å². The molecule has 10 aromatic rings. The molecule has 0 radical (unpaired) electrons. The zero-order valence-electron chi connectivity index (χ0n) is 27.9. The topological polar surface area (TPSA) is 35.6 Å². The number of benzene rings is 7. The lowest BCUT2D eigenvalue weighted by atomic mass is 10.0. The Bertz CT molecular complexity index is 3100. The number of para-hydroxylation sites is 3. The average molecular weight is 723 g/mol. The minimum absolute atomic E-state index is 0.233. The van der Waals surface area contributed by atoms with Crippen LogP contribution in [0.4, 0.5) is 26.3 Å². The molecule has 0 aliphatic carbocycles. The molecule has 0 saturated heterocycles. The highest BCUT2D eigenvalue weighted by molar-refractivity contribution is 6.14. The first-order valence-corrected chi connectivity index (χ1v) is 17.1. The molecule has 3 heterocycles. The van der Waals surface area contributed by atoms with E-state index in [1.54, 1.807) is 12.1 Å². The van der Waals surface area contributed by atoms with E-state index in [0.29, 0.717) is 45.5 Å². The Kier molecular flexibility index (Phi) is 6.76. The second-order valence-electron chi connectivity index (χ2n) is 13.2. The summed E-state index contributed by atoms with van der Waals surface area (Å²) in [5.41, 5.74) is 1.28. The minimum Gasteiger partial charge on any atom is -0.309 e. The lowest BCUT2D eigenvalue weighted by Gasteiger charge is -2.18. The molecule has 0 aliphatic heterocycles. The fourth-order valence-corrected chi connectivity index (χ4v) is 7.82. The van der Waals surface area contributed by atoms with Crippen molar-refractivity contribution in [2.24, 2.45) is 0 Å². The quantitative estimate of drug-likeness (QED) is 0.134. The van der Waals surface area contributed by atoms with Crippen LogP contribution in [0, 0.1) is 0 Å². The van der Waals surface area contributed by atoms with Crippen molar-refractivity contribution in [2.75, 3.05) is 0 Å². The van der Waals surface area contributed by atoms with Gasteiger partial charge in [0.2, 0.25) is 0 Å². The number of fused-ring (bicyclic) bond motifs is 9. The molecule has 0 unspecified atom stereocenters. The summed E-state index contributed by atoms with van der Waals surface area (Å²) in [4.78, 5) is 9.42. The molecule has 10 heteroatoms. The molecule has 10 rings (SSSR count). The second kappa shape index (κ2) is 11.4. The normalized spacial score (nSPS) is 12.6.